The number of aryl methyl sites for hydroxylation is 2. The van der Waals surface area contributed by atoms with Crippen LogP contribution in [-0.2, 0) is 4.79 Å². The first-order valence-corrected chi connectivity index (χ1v) is 13.9. The van der Waals surface area contributed by atoms with Crippen molar-refractivity contribution >= 4 is 52.1 Å². The van der Waals surface area contributed by atoms with E-state index in [4.69, 9.17) is 35.4 Å². The zero-order valence-electron chi connectivity index (χ0n) is 21.9. The summed E-state index contributed by atoms with van der Waals surface area (Å²) in [6, 6.07) is 21.0. The number of thiocarbonyl (C=S) groups is 1. The van der Waals surface area contributed by atoms with Crippen LogP contribution in [0.2, 0.25) is 10.0 Å². The van der Waals surface area contributed by atoms with Gasteiger partial charge in [0.05, 0.1) is 28.5 Å². The Morgan fingerprint density at radius 2 is 1.87 bits per heavy atom. The summed E-state index contributed by atoms with van der Waals surface area (Å²) in [6.07, 6.45) is 2.06. The Morgan fingerprint density at radius 3 is 2.59 bits per heavy atom. The molecular weight excluding hydrogens is 549 g/mol. The zero-order chi connectivity index (χ0) is 27.7. The fraction of sp³-hybridized carbons (Fsp3) is 0.233. The molecule has 5 rings (SSSR count). The lowest BCUT2D eigenvalue weighted by molar-refractivity contribution is -0.116. The van der Waals surface area contributed by atoms with E-state index in [1.165, 1.54) is 0 Å². The van der Waals surface area contributed by atoms with Gasteiger partial charge in [0.1, 0.15) is 0 Å². The van der Waals surface area contributed by atoms with Crippen LogP contribution in [0.3, 0.4) is 0 Å². The predicted molar refractivity (Wildman–Crippen MR) is 162 cm³/mol. The van der Waals surface area contributed by atoms with E-state index in [1.54, 1.807) is 12.3 Å². The van der Waals surface area contributed by atoms with Crippen molar-refractivity contribution in [2.75, 3.05) is 11.9 Å². The minimum Gasteiger partial charge on any atom is -0.352 e. The number of rotatable bonds is 7. The van der Waals surface area contributed by atoms with Crippen LogP contribution >= 0.6 is 35.4 Å². The first-order valence-electron chi connectivity index (χ1n) is 12.7. The van der Waals surface area contributed by atoms with Crippen molar-refractivity contribution < 1.29 is 4.79 Å². The highest BCUT2D eigenvalue weighted by Gasteiger charge is 2.41. The van der Waals surface area contributed by atoms with Gasteiger partial charge in [0.25, 0.3) is 0 Å². The Bertz CT molecular complexity index is 1540. The van der Waals surface area contributed by atoms with Gasteiger partial charge in [-0.05, 0) is 92.6 Å². The van der Waals surface area contributed by atoms with Gasteiger partial charge in [-0.2, -0.15) is 0 Å². The average molecular weight is 579 g/mol. The van der Waals surface area contributed by atoms with Crippen molar-refractivity contribution in [3.63, 3.8) is 0 Å². The van der Waals surface area contributed by atoms with Gasteiger partial charge >= 0.3 is 0 Å². The third-order valence-electron chi connectivity index (χ3n) is 7.02. The SMILES string of the molecule is Cc1cccc(NC(=O)CCN2C(=S)NC(c3ccccn3)C2c2cc(C)n(-c3ccc(Cl)cc3Cl)c2C)c1. The van der Waals surface area contributed by atoms with Gasteiger partial charge in [0, 0.05) is 41.3 Å². The smallest absolute Gasteiger partial charge is 0.226 e. The summed E-state index contributed by atoms with van der Waals surface area (Å²) in [5.41, 5.74) is 6.76. The Kier molecular flexibility index (Phi) is 7.93. The molecule has 0 saturated carbocycles. The van der Waals surface area contributed by atoms with Gasteiger partial charge < -0.3 is 20.1 Å². The van der Waals surface area contributed by atoms with Crippen LogP contribution in [-0.4, -0.2) is 32.0 Å². The number of anilines is 1. The van der Waals surface area contributed by atoms with Crippen LogP contribution in [0.1, 0.15) is 46.7 Å². The molecule has 2 aromatic heterocycles. The van der Waals surface area contributed by atoms with Gasteiger partial charge in [-0.3, -0.25) is 9.78 Å². The Balaban J connectivity index is 1.48. The molecule has 2 atom stereocenters. The molecule has 1 aliphatic heterocycles. The molecule has 9 heteroatoms. The number of halogens is 2. The Morgan fingerprint density at radius 1 is 1.05 bits per heavy atom. The van der Waals surface area contributed by atoms with Gasteiger partial charge in [-0.25, -0.2) is 0 Å². The lowest BCUT2D eigenvalue weighted by Crippen LogP contribution is -2.32. The quantitative estimate of drug-likeness (QED) is 0.229. The highest BCUT2D eigenvalue weighted by molar-refractivity contribution is 7.80. The van der Waals surface area contributed by atoms with Crippen molar-refractivity contribution in [2.45, 2.75) is 39.3 Å². The molecule has 2 aromatic carbocycles. The molecule has 200 valence electrons. The molecule has 1 aliphatic rings. The van der Waals surface area contributed by atoms with E-state index in [0.29, 0.717) is 21.7 Å². The normalized spacial score (nSPS) is 16.8. The number of aromatic nitrogens is 2. The average Bonchev–Trinajstić information content (AvgIpc) is 3.38. The van der Waals surface area contributed by atoms with E-state index in [0.717, 1.165) is 39.6 Å². The maximum atomic E-state index is 12.9. The highest BCUT2D eigenvalue weighted by atomic mass is 35.5. The first kappa shape index (κ1) is 27.2. The summed E-state index contributed by atoms with van der Waals surface area (Å²) in [5, 5.41) is 8.23. The molecule has 1 saturated heterocycles. The summed E-state index contributed by atoms with van der Waals surface area (Å²) in [7, 11) is 0. The van der Waals surface area contributed by atoms with Crippen molar-refractivity contribution in [1.82, 2.24) is 19.8 Å². The van der Waals surface area contributed by atoms with Crippen molar-refractivity contribution in [3.8, 4) is 5.69 Å². The molecule has 2 N–H and O–H groups in total. The summed E-state index contributed by atoms with van der Waals surface area (Å²) in [6.45, 7) is 6.58. The third-order valence-corrected chi connectivity index (χ3v) is 7.91. The summed E-state index contributed by atoms with van der Waals surface area (Å²) in [5.74, 6) is -0.0677. The number of pyridine rings is 1. The zero-order valence-corrected chi connectivity index (χ0v) is 24.2. The molecule has 4 aromatic rings. The molecular formula is C30H29Cl2N5OS. The van der Waals surface area contributed by atoms with Crippen LogP contribution in [0, 0.1) is 20.8 Å². The Labute approximate surface area is 244 Å². The molecule has 0 radical (unpaired) electrons. The number of hydrogen-bond donors (Lipinski definition) is 2. The molecule has 1 amide bonds. The number of carbonyl (C=O) groups is 1. The fourth-order valence-corrected chi connectivity index (χ4v) is 6.10. The van der Waals surface area contributed by atoms with E-state index in [-0.39, 0.29) is 24.4 Å². The molecule has 3 heterocycles. The molecule has 2 unspecified atom stereocenters. The number of hydrogen-bond acceptors (Lipinski definition) is 3. The second-order valence-electron chi connectivity index (χ2n) is 9.75. The molecule has 0 aliphatic carbocycles. The molecule has 39 heavy (non-hydrogen) atoms. The monoisotopic (exact) mass is 577 g/mol. The van der Waals surface area contributed by atoms with E-state index in [9.17, 15) is 4.79 Å². The number of nitrogens with one attached hydrogen (secondary N) is 2. The molecule has 1 fully saturated rings. The minimum atomic E-state index is -0.187. The first-order chi connectivity index (χ1) is 18.7. The predicted octanol–water partition coefficient (Wildman–Crippen LogP) is 7.11. The third kappa shape index (κ3) is 5.66. The largest absolute Gasteiger partial charge is 0.352 e. The maximum absolute atomic E-state index is 12.9. The number of nitrogens with zero attached hydrogens (tertiary/aromatic N) is 3. The van der Waals surface area contributed by atoms with E-state index < -0.39 is 0 Å². The minimum absolute atomic E-state index is 0.0677. The number of benzene rings is 2. The maximum Gasteiger partial charge on any atom is 0.226 e. The van der Waals surface area contributed by atoms with Crippen LogP contribution in [0.15, 0.2) is 72.9 Å². The highest BCUT2D eigenvalue weighted by Crippen LogP contribution is 2.42. The number of amides is 1. The number of carbonyl (C=O) groups excluding carboxylic acids is 1. The van der Waals surface area contributed by atoms with E-state index in [1.807, 2.05) is 61.5 Å². The van der Waals surface area contributed by atoms with Crippen LogP contribution in [0.4, 0.5) is 5.69 Å². The van der Waals surface area contributed by atoms with Gasteiger partial charge in [0.15, 0.2) is 5.11 Å². The second-order valence-corrected chi connectivity index (χ2v) is 11.0. The second kappa shape index (κ2) is 11.4. The van der Waals surface area contributed by atoms with Gasteiger partial charge in [0.2, 0.25) is 5.91 Å². The topological polar surface area (TPSA) is 62.2 Å². The van der Waals surface area contributed by atoms with Crippen LogP contribution in [0.25, 0.3) is 5.69 Å². The lowest BCUT2D eigenvalue weighted by Gasteiger charge is -2.28. The van der Waals surface area contributed by atoms with Crippen molar-refractivity contribution in [1.29, 1.82) is 0 Å². The summed E-state index contributed by atoms with van der Waals surface area (Å²) in [4.78, 5) is 19.6. The molecule has 0 spiro atoms. The standard InChI is InChI=1S/C30H29Cl2N5OS/c1-18-7-6-8-22(15-18)34-27(38)12-14-36-29(28(35-30(36)39)25-9-4-5-13-33-25)23-16-19(2)37(20(23)3)26-11-10-21(31)17-24(26)32/h4-11,13,15-17,28-29H,12,14H2,1-3H3,(H,34,38)(H,35,39). The van der Waals surface area contributed by atoms with Gasteiger partial charge in [-0.1, -0.05) is 41.4 Å². The summed E-state index contributed by atoms with van der Waals surface area (Å²) < 4.78 is 2.13. The molecule has 0 bridgehead atoms. The van der Waals surface area contributed by atoms with E-state index >= 15 is 0 Å². The van der Waals surface area contributed by atoms with Crippen LogP contribution in [0.5, 0.6) is 0 Å². The Hall–Kier alpha value is -3.39. The van der Waals surface area contributed by atoms with Crippen LogP contribution < -0.4 is 10.6 Å². The van der Waals surface area contributed by atoms with Crippen molar-refractivity contribution in [3.05, 3.63) is 111 Å². The van der Waals surface area contributed by atoms with Gasteiger partial charge in [-0.15, -0.1) is 0 Å². The lowest BCUT2D eigenvalue weighted by atomic mass is 9.96. The van der Waals surface area contributed by atoms with E-state index in [2.05, 4.69) is 45.0 Å². The fourth-order valence-electron chi connectivity index (χ4n) is 5.27. The molecule has 6 nitrogen and oxygen atoms in total. The summed E-state index contributed by atoms with van der Waals surface area (Å²) >= 11 is 18.6. The van der Waals surface area contributed by atoms with Crippen molar-refractivity contribution in [2.24, 2.45) is 0 Å².